The van der Waals surface area contributed by atoms with Gasteiger partial charge in [0.2, 0.25) is 5.24 Å². The van der Waals surface area contributed by atoms with Crippen LogP contribution in [0.2, 0.25) is 0 Å². The average Bonchev–Trinajstić information content (AvgIpc) is 2.15. The maximum Gasteiger partial charge on any atom is 0.416 e. The molecule has 0 N–H and O–H groups in total. The van der Waals surface area contributed by atoms with Crippen LogP contribution in [0, 0.1) is 0 Å². The molecule has 0 amide bonds. The number of alkyl halides is 3. The molecule has 5 heteroatoms. The predicted molar refractivity (Wildman–Crippen MR) is 56.0 cm³/mol. The molecule has 0 bridgehead atoms. The molecule has 1 aromatic carbocycles. The molecule has 0 fully saturated rings. The van der Waals surface area contributed by atoms with E-state index in [4.69, 9.17) is 11.6 Å². The summed E-state index contributed by atoms with van der Waals surface area (Å²) in [7, 11) is 0. The molecule has 16 heavy (non-hydrogen) atoms. The summed E-state index contributed by atoms with van der Waals surface area (Å²) >= 11 is 5.11. The number of rotatable bonds is 2. The summed E-state index contributed by atoms with van der Waals surface area (Å²) in [6.07, 6.45) is -3.31. The van der Waals surface area contributed by atoms with Crippen molar-refractivity contribution >= 4 is 22.4 Å². The highest BCUT2D eigenvalue weighted by atomic mass is 35.5. The zero-order valence-corrected chi connectivity index (χ0v) is 9.06. The maximum absolute atomic E-state index is 12.4. The average molecular weight is 249 g/mol. The Morgan fingerprint density at radius 2 is 2.00 bits per heavy atom. The van der Waals surface area contributed by atoms with Gasteiger partial charge in [-0.1, -0.05) is 12.1 Å². The van der Waals surface area contributed by atoms with Gasteiger partial charge in [-0.2, -0.15) is 13.2 Å². The number of benzene rings is 1. The Bertz CT molecular complexity index is 435. The summed E-state index contributed by atoms with van der Waals surface area (Å²) < 4.78 is 37.1. The SMILES string of the molecule is C/C(=C/C(=O)Cl)c1cccc(C(F)(F)F)c1. The van der Waals surface area contributed by atoms with E-state index in [1.54, 1.807) is 0 Å². The van der Waals surface area contributed by atoms with Crippen molar-refractivity contribution in [2.75, 3.05) is 0 Å². The fourth-order valence-corrected chi connectivity index (χ4v) is 1.36. The summed E-state index contributed by atoms with van der Waals surface area (Å²) in [5.74, 6) is 0. The van der Waals surface area contributed by atoms with Crippen molar-refractivity contribution < 1.29 is 18.0 Å². The molecule has 0 spiro atoms. The lowest BCUT2D eigenvalue weighted by Crippen LogP contribution is -2.04. The van der Waals surface area contributed by atoms with Gasteiger partial charge in [0.1, 0.15) is 0 Å². The van der Waals surface area contributed by atoms with Crippen molar-refractivity contribution in [1.82, 2.24) is 0 Å². The number of halogens is 4. The van der Waals surface area contributed by atoms with E-state index >= 15 is 0 Å². The van der Waals surface area contributed by atoms with Gasteiger partial charge in [0.25, 0.3) is 0 Å². The fraction of sp³-hybridized carbons (Fsp3) is 0.182. The van der Waals surface area contributed by atoms with E-state index in [1.807, 2.05) is 0 Å². The third kappa shape index (κ3) is 3.38. The van der Waals surface area contributed by atoms with E-state index in [1.165, 1.54) is 19.1 Å². The van der Waals surface area contributed by atoms with Crippen molar-refractivity contribution in [3.05, 3.63) is 41.5 Å². The van der Waals surface area contributed by atoms with E-state index in [0.29, 0.717) is 11.1 Å². The van der Waals surface area contributed by atoms with E-state index in [0.717, 1.165) is 18.2 Å². The standard InChI is InChI=1S/C11H8ClF3O/c1-7(5-10(12)16)8-3-2-4-9(6-8)11(13,14)15/h2-6H,1H3/b7-5-. The van der Waals surface area contributed by atoms with Gasteiger partial charge in [-0.15, -0.1) is 0 Å². The van der Waals surface area contributed by atoms with Crippen molar-refractivity contribution in [3.8, 4) is 0 Å². The minimum atomic E-state index is -4.39. The van der Waals surface area contributed by atoms with Crippen LogP contribution in [0.25, 0.3) is 5.57 Å². The molecule has 0 heterocycles. The highest BCUT2D eigenvalue weighted by Crippen LogP contribution is 2.30. The topological polar surface area (TPSA) is 17.1 Å². The molecule has 0 saturated carbocycles. The third-order valence-electron chi connectivity index (χ3n) is 1.98. The monoisotopic (exact) mass is 248 g/mol. The summed E-state index contributed by atoms with van der Waals surface area (Å²) in [6.45, 7) is 1.52. The summed E-state index contributed by atoms with van der Waals surface area (Å²) in [4.78, 5) is 10.6. The second-order valence-corrected chi connectivity index (χ2v) is 3.58. The minimum Gasteiger partial charge on any atom is -0.276 e. The van der Waals surface area contributed by atoms with Gasteiger partial charge in [0.05, 0.1) is 5.56 Å². The lowest BCUT2D eigenvalue weighted by atomic mass is 10.0. The molecule has 1 aromatic rings. The van der Waals surface area contributed by atoms with Gasteiger partial charge in [-0.3, -0.25) is 4.79 Å². The smallest absolute Gasteiger partial charge is 0.276 e. The predicted octanol–water partition coefficient (Wildman–Crippen LogP) is 3.87. The number of allylic oxidation sites excluding steroid dienone is 2. The highest BCUT2D eigenvalue weighted by Gasteiger charge is 2.30. The lowest BCUT2D eigenvalue weighted by molar-refractivity contribution is -0.137. The molecule has 1 nitrogen and oxygen atoms in total. The second-order valence-electron chi connectivity index (χ2n) is 3.21. The number of hydrogen-bond donors (Lipinski definition) is 0. The Kier molecular flexibility index (Phi) is 3.75. The van der Waals surface area contributed by atoms with Crippen molar-refractivity contribution in [2.45, 2.75) is 13.1 Å². The molecule has 0 saturated heterocycles. The fourth-order valence-electron chi connectivity index (χ4n) is 1.19. The molecule has 0 radical (unpaired) electrons. The molecule has 0 aromatic heterocycles. The largest absolute Gasteiger partial charge is 0.416 e. The summed E-state index contributed by atoms with van der Waals surface area (Å²) in [6, 6.07) is 4.72. The molecule has 0 aliphatic heterocycles. The van der Waals surface area contributed by atoms with Crippen LogP contribution in [0.15, 0.2) is 30.3 Å². The molecule has 0 unspecified atom stereocenters. The van der Waals surface area contributed by atoms with Gasteiger partial charge >= 0.3 is 6.18 Å². The zero-order chi connectivity index (χ0) is 12.3. The normalized spacial score (nSPS) is 12.7. The number of carbonyl (C=O) groups excluding carboxylic acids is 1. The Morgan fingerprint density at radius 3 is 2.50 bits per heavy atom. The summed E-state index contributed by atoms with van der Waals surface area (Å²) in [5, 5.41) is -0.713. The van der Waals surface area contributed by atoms with Gasteiger partial charge in [-0.05, 0) is 41.8 Å². The van der Waals surface area contributed by atoms with Crippen LogP contribution >= 0.6 is 11.6 Å². The van der Waals surface area contributed by atoms with E-state index in [-0.39, 0.29) is 0 Å². The first-order valence-electron chi connectivity index (χ1n) is 4.36. The third-order valence-corrected chi connectivity index (χ3v) is 2.08. The first-order valence-corrected chi connectivity index (χ1v) is 4.74. The Hall–Kier alpha value is -1.29. The maximum atomic E-state index is 12.4. The van der Waals surface area contributed by atoms with E-state index < -0.39 is 17.0 Å². The first kappa shape index (κ1) is 12.8. The van der Waals surface area contributed by atoms with Crippen LogP contribution in [0.5, 0.6) is 0 Å². The zero-order valence-electron chi connectivity index (χ0n) is 8.31. The quantitative estimate of drug-likeness (QED) is 0.573. The van der Waals surface area contributed by atoms with Crippen LogP contribution < -0.4 is 0 Å². The second kappa shape index (κ2) is 4.70. The van der Waals surface area contributed by atoms with Crippen molar-refractivity contribution in [1.29, 1.82) is 0 Å². The van der Waals surface area contributed by atoms with Crippen LogP contribution in [0.1, 0.15) is 18.1 Å². The van der Waals surface area contributed by atoms with Crippen molar-refractivity contribution in [3.63, 3.8) is 0 Å². The molecule has 1 rings (SSSR count). The van der Waals surface area contributed by atoms with E-state index in [9.17, 15) is 18.0 Å². The molecule has 0 atom stereocenters. The van der Waals surface area contributed by atoms with Gasteiger partial charge < -0.3 is 0 Å². The van der Waals surface area contributed by atoms with Gasteiger partial charge in [0.15, 0.2) is 0 Å². The number of carbonyl (C=O) groups is 1. The lowest BCUT2D eigenvalue weighted by Gasteiger charge is -2.08. The Labute approximate surface area is 95.5 Å². The molecule has 0 aliphatic rings. The van der Waals surface area contributed by atoms with Crippen LogP contribution in [-0.2, 0) is 11.0 Å². The molecular weight excluding hydrogens is 241 g/mol. The molecular formula is C11H8ClF3O. The molecule has 0 aliphatic carbocycles. The number of hydrogen-bond acceptors (Lipinski definition) is 1. The Balaban J connectivity index is 3.13. The van der Waals surface area contributed by atoms with E-state index in [2.05, 4.69) is 0 Å². The first-order chi connectivity index (χ1) is 7.30. The van der Waals surface area contributed by atoms with Crippen molar-refractivity contribution in [2.24, 2.45) is 0 Å². The van der Waals surface area contributed by atoms with Crippen LogP contribution in [0.3, 0.4) is 0 Å². The summed E-state index contributed by atoms with van der Waals surface area (Å²) in [5.41, 5.74) is -0.0327. The van der Waals surface area contributed by atoms with Crippen LogP contribution in [0.4, 0.5) is 13.2 Å². The highest BCUT2D eigenvalue weighted by molar-refractivity contribution is 6.67. The van der Waals surface area contributed by atoms with Gasteiger partial charge in [0, 0.05) is 6.08 Å². The van der Waals surface area contributed by atoms with Gasteiger partial charge in [-0.25, -0.2) is 0 Å². The minimum absolute atomic E-state index is 0.323. The Morgan fingerprint density at radius 1 is 1.38 bits per heavy atom. The van der Waals surface area contributed by atoms with Crippen LogP contribution in [-0.4, -0.2) is 5.24 Å². The molecule has 86 valence electrons.